The van der Waals surface area contributed by atoms with Crippen LogP contribution in [0.25, 0.3) is 0 Å². The highest BCUT2D eigenvalue weighted by atomic mass is 35.5. The van der Waals surface area contributed by atoms with Crippen LogP contribution in [0, 0.1) is 0 Å². The van der Waals surface area contributed by atoms with Gasteiger partial charge in [-0.2, -0.15) is 0 Å². The lowest BCUT2D eigenvalue weighted by molar-refractivity contribution is 0.104. The van der Waals surface area contributed by atoms with E-state index in [4.69, 9.17) is 23.2 Å². The molecule has 0 aliphatic rings. The van der Waals surface area contributed by atoms with Gasteiger partial charge < -0.3 is 0 Å². The number of benzene rings is 1. The molecule has 0 atom stereocenters. The Hall–Kier alpha value is -0.790. The van der Waals surface area contributed by atoms with Gasteiger partial charge in [-0.1, -0.05) is 49.2 Å². The predicted octanol–water partition coefficient (Wildman–Crippen LogP) is 4.23. The van der Waals surface area contributed by atoms with Gasteiger partial charge in [0.25, 0.3) is 0 Å². The largest absolute Gasteiger partial charge is 0.288 e. The van der Waals surface area contributed by atoms with Crippen molar-refractivity contribution in [3.63, 3.8) is 0 Å². The lowest BCUT2D eigenvalue weighted by Gasteiger charge is -2.04. The van der Waals surface area contributed by atoms with Crippen LogP contribution in [0.1, 0.15) is 29.3 Å². The van der Waals surface area contributed by atoms with E-state index in [2.05, 4.69) is 13.5 Å². The Morgan fingerprint density at radius 2 is 2.13 bits per heavy atom. The van der Waals surface area contributed by atoms with E-state index < -0.39 is 0 Å². The fraction of sp³-hybridized carbons (Fsp3) is 0.250. The molecule has 1 aromatic rings. The Morgan fingerprint density at radius 3 is 2.60 bits per heavy atom. The maximum absolute atomic E-state index is 11.5. The van der Waals surface area contributed by atoms with Crippen LogP contribution < -0.4 is 0 Å². The van der Waals surface area contributed by atoms with Gasteiger partial charge in [-0.15, -0.1) is 0 Å². The molecule has 0 fully saturated rings. The SMILES string of the molecule is C=C(Cl)C(=O)c1ccc(CCC)cc1Cl. The second kappa shape index (κ2) is 5.34. The fourth-order valence-corrected chi connectivity index (χ4v) is 1.72. The molecule has 0 radical (unpaired) electrons. The van der Waals surface area contributed by atoms with Crippen molar-refractivity contribution in [2.75, 3.05) is 0 Å². The molecule has 0 bridgehead atoms. The summed E-state index contributed by atoms with van der Waals surface area (Å²) in [5.41, 5.74) is 1.54. The summed E-state index contributed by atoms with van der Waals surface area (Å²) in [6, 6.07) is 5.39. The molecule has 0 amide bonds. The average Bonchev–Trinajstić information content (AvgIpc) is 2.17. The van der Waals surface area contributed by atoms with Crippen LogP contribution in [0.15, 0.2) is 29.8 Å². The second-order valence-corrected chi connectivity index (χ2v) is 4.16. The van der Waals surface area contributed by atoms with E-state index in [9.17, 15) is 4.79 Å². The van der Waals surface area contributed by atoms with Crippen molar-refractivity contribution >= 4 is 29.0 Å². The molecule has 80 valence electrons. The van der Waals surface area contributed by atoms with Gasteiger partial charge >= 0.3 is 0 Å². The number of halogens is 2. The van der Waals surface area contributed by atoms with Crippen LogP contribution in [0.5, 0.6) is 0 Å². The van der Waals surface area contributed by atoms with Crippen molar-refractivity contribution in [2.45, 2.75) is 19.8 Å². The highest BCUT2D eigenvalue weighted by Crippen LogP contribution is 2.22. The van der Waals surface area contributed by atoms with Crippen LogP contribution in [0.3, 0.4) is 0 Å². The van der Waals surface area contributed by atoms with Crippen LogP contribution >= 0.6 is 23.2 Å². The Morgan fingerprint density at radius 1 is 1.47 bits per heavy atom. The van der Waals surface area contributed by atoms with Crippen molar-refractivity contribution < 1.29 is 4.79 Å². The molecule has 1 aromatic carbocycles. The minimum atomic E-state index is -0.315. The van der Waals surface area contributed by atoms with Crippen LogP contribution in [0.2, 0.25) is 5.02 Å². The van der Waals surface area contributed by atoms with E-state index in [-0.39, 0.29) is 10.8 Å². The molecular formula is C12H12Cl2O. The Balaban J connectivity index is 3.03. The summed E-state index contributed by atoms with van der Waals surface area (Å²) in [5.74, 6) is -0.315. The highest BCUT2D eigenvalue weighted by molar-refractivity contribution is 6.46. The van der Waals surface area contributed by atoms with Gasteiger partial charge in [0.15, 0.2) is 0 Å². The summed E-state index contributed by atoms with van der Waals surface area (Å²) in [6.07, 6.45) is 2.00. The molecule has 0 heterocycles. The summed E-state index contributed by atoms with van der Waals surface area (Å²) in [4.78, 5) is 11.5. The molecule has 1 rings (SSSR count). The number of hydrogen-bond acceptors (Lipinski definition) is 1. The van der Waals surface area contributed by atoms with Gasteiger partial charge in [0, 0.05) is 5.56 Å². The molecule has 0 N–H and O–H groups in total. The normalized spacial score (nSPS) is 10.1. The monoisotopic (exact) mass is 242 g/mol. The Bertz CT molecular complexity index is 397. The predicted molar refractivity (Wildman–Crippen MR) is 64.8 cm³/mol. The summed E-state index contributed by atoms with van der Waals surface area (Å²) >= 11 is 11.5. The first kappa shape index (κ1) is 12.3. The van der Waals surface area contributed by atoms with Crippen molar-refractivity contribution in [2.24, 2.45) is 0 Å². The third kappa shape index (κ3) is 3.08. The fourth-order valence-electron chi connectivity index (χ4n) is 1.33. The summed E-state index contributed by atoms with van der Waals surface area (Å²) in [7, 11) is 0. The van der Waals surface area contributed by atoms with Crippen molar-refractivity contribution in [1.82, 2.24) is 0 Å². The molecule has 15 heavy (non-hydrogen) atoms. The zero-order valence-electron chi connectivity index (χ0n) is 8.52. The molecule has 0 aliphatic carbocycles. The maximum Gasteiger partial charge on any atom is 0.205 e. The number of allylic oxidation sites excluding steroid dienone is 1. The standard InChI is InChI=1S/C12H12Cl2O/c1-3-4-9-5-6-10(11(14)7-9)12(15)8(2)13/h5-7H,2-4H2,1H3. The minimum Gasteiger partial charge on any atom is -0.288 e. The van der Waals surface area contributed by atoms with Gasteiger partial charge in [-0.25, -0.2) is 0 Å². The second-order valence-electron chi connectivity index (χ2n) is 3.30. The number of carbonyl (C=O) groups is 1. The van der Waals surface area contributed by atoms with Gasteiger partial charge in [-0.3, -0.25) is 4.79 Å². The first-order valence-corrected chi connectivity index (χ1v) is 5.49. The van der Waals surface area contributed by atoms with E-state index in [0.717, 1.165) is 18.4 Å². The van der Waals surface area contributed by atoms with Crippen LogP contribution in [0.4, 0.5) is 0 Å². The lowest BCUT2D eigenvalue weighted by Crippen LogP contribution is -1.99. The lowest BCUT2D eigenvalue weighted by atomic mass is 10.1. The Kier molecular flexibility index (Phi) is 4.37. The number of ketones is 1. The van der Waals surface area contributed by atoms with Gasteiger partial charge in [0.05, 0.1) is 10.1 Å². The third-order valence-corrected chi connectivity index (χ3v) is 2.55. The van der Waals surface area contributed by atoms with Crippen molar-refractivity contribution in [1.29, 1.82) is 0 Å². The van der Waals surface area contributed by atoms with Gasteiger partial charge in [0.2, 0.25) is 5.78 Å². The topological polar surface area (TPSA) is 17.1 Å². The van der Waals surface area contributed by atoms with Crippen molar-refractivity contribution in [3.8, 4) is 0 Å². The van der Waals surface area contributed by atoms with Gasteiger partial charge in [-0.05, 0) is 24.1 Å². The number of aryl methyl sites for hydroxylation is 1. The number of hydrogen-bond donors (Lipinski definition) is 0. The van der Waals surface area contributed by atoms with E-state index >= 15 is 0 Å². The molecule has 0 aromatic heterocycles. The molecule has 0 saturated carbocycles. The maximum atomic E-state index is 11.5. The smallest absolute Gasteiger partial charge is 0.205 e. The van der Waals surface area contributed by atoms with Crippen molar-refractivity contribution in [3.05, 3.63) is 46.0 Å². The average molecular weight is 243 g/mol. The zero-order valence-corrected chi connectivity index (χ0v) is 10.0. The zero-order chi connectivity index (χ0) is 11.4. The van der Waals surface area contributed by atoms with E-state index in [1.165, 1.54) is 0 Å². The Labute approximate surface area is 99.7 Å². The van der Waals surface area contributed by atoms with E-state index in [1.54, 1.807) is 12.1 Å². The molecule has 3 heteroatoms. The number of rotatable bonds is 4. The summed E-state index contributed by atoms with van der Waals surface area (Å²) in [5, 5.41) is 0.424. The molecule has 0 spiro atoms. The highest BCUT2D eigenvalue weighted by Gasteiger charge is 2.12. The number of carbonyl (C=O) groups excluding carboxylic acids is 1. The van der Waals surface area contributed by atoms with Crippen LogP contribution in [-0.2, 0) is 6.42 Å². The van der Waals surface area contributed by atoms with E-state index in [0.29, 0.717) is 10.6 Å². The molecule has 0 saturated heterocycles. The first-order chi connectivity index (χ1) is 7.06. The third-order valence-electron chi connectivity index (χ3n) is 2.06. The quantitative estimate of drug-likeness (QED) is 0.571. The van der Waals surface area contributed by atoms with Crippen LogP contribution in [-0.4, -0.2) is 5.78 Å². The number of Topliss-reactive ketones (excluding diaryl/α,β-unsaturated/α-hetero) is 1. The van der Waals surface area contributed by atoms with Gasteiger partial charge in [0.1, 0.15) is 0 Å². The van der Waals surface area contributed by atoms with E-state index in [1.807, 2.05) is 6.07 Å². The molecule has 0 unspecified atom stereocenters. The summed E-state index contributed by atoms with van der Waals surface area (Å²) < 4.78 is 0. The molecule has 0 aliphatic heterocycles. The molecular weight excluding hydrogens is 231 g/mol. The minimum absolute atomic E-state index is 0.0138. The summed E-state index contributed by atoms with van der Waals surface area (Å²) in [6.45, 7) is 5.48. The first-order valence-electron chi connectivity index (χ1n) is 4.73. The molecule has 1 nitrogen and oxygen atoms in total.